The molecule has 0 atom stereocenters. The fraction of sp³-hybridized carbons (Fsp3) is 0.236. The van der Waals surface area contributed by atoms with Crippen LogP contribution in [0.5, 0.6) is 5.75 Å². The zero-order chi connectivity index (χ0) is 41.6. The largest absolute Gasteiger partial charge is 0.507 e. The number of aromatic hydroxyl groups is 1. The van der Waals surface area contributed by atoms with Gasteiger partial charge >= 0.3 is 0 Å². The third-order valence-electron chi connectivity index (χ3n) is 11.6. The zero-order valence-corrected chi connectivity index (χ0v) is 36.0. The summed E-state index contributed by atoms with van der Waals surface area (Å²) < 4.78 is 2.28. The Labute approximate surface area is 350 Å². The van der Waals surface area contributed by atoms with E-state index in [9.17, 15) is 5.11 Å². The Morgan fingerprint density at radius 2 is 1.29 bits per heavy atom. The quantitative estimate of drug-likeness (QED) is 0.167. The molecule has 1 N–H and O–H groups in total. The number of pyridine rings is 1. The van der Waals surface area contributed by atoms with Crippen molar-refractivity contribution in [1.29, 1.82) is 0 Å². The van der Waals surface area contributed by atoms with Crippen LogP contribution in [-0.2, 0) is 17.3 Å². The van der Waals surface area contributed by atoms with Gasteiger partial charge < -0.3 is 5.11 Å². The smallest absolute Gasteiger partial charge is 0.149 e. The van der Waals surface area contributed by atoms with E-state index in [1.54, 1.807) is 0 Å². The Kier molecular flexibility index (Phi) is 10.4. The Hall–Kier alpha value is -6.26. The first-order valence-electron chi connectivity index (χ1n) is 20.9. The highest BCUT2D eigenvalue weighted by Gasteiger charge is 2.26. The van der Waals surface area contributed by atoms with Gasteiger partial charge in [0, 0.05) is 22.9 Å². The van der Waals surface area contributed by atoms with Crippen LogP contribution in [0, 0.1) is 13.8 Å². The van der Waals surface area contributed by atoms with Gasteiger partial charge in [-0.2, -0.15) is 0 Å². The molecule has 6 aromatic carbocycles. The number of phenols is 1. The van der Waals surface area contributed by atoms with Crippen LogP contribution in [0.15, 0.2) is 140 Å². The highest BCUT2D eigenvalue weighted by molar-refractivity contribution is 5.98. The third kappa shape index (κ3) is 7.84. The van der Waals surface area contributed by atoms with Gasteiger partial charge in [-0.1, -0.05) is 145 Å². The van der Waals surface area contributed by atoms with Crippen LogP contribution in [0.1, 0.15) is 82.7 Å². The van der Waals surface area contributed by atoms with Crippen molar-refractivity contribution in [2.75, 3.05) is 0 Å². The molecule has 4 nitrogen and oxygen atoms in total. The highest BCUT2D eigenvalue weighted by Crippen LogP contribution is 2.44. The van der Waals surface area contributed by atoms with Crippen LogP contribution in [-0.4, -0.2) is 19.6 Å². The lowest BCUT2D eigenvalue weighted by molar-refractivity contribution is 0.471. The van der Waals surface area contributed by atoms with E-state index >= 15 is 0 Å². The maximum absolute atomic E-state index is 12.0. The number of rotatable bonds is 8. The molecule has 0 aliphatic carbocycles. The lowest BCUT2D eigenvalue weighted by atomic mass is 9.83. The van der Waals surface area contributed by atoms with Crippen molar-refractivity contribution in [3.63, 3.8) is 0 Å². The maximum Gasteiger partial charge on any atom is 0.149 e. The van der Waals surface area contributed by atoms with Gasteiger partial charge in [-0.3, -0.25) is 9.55 Å². The van der Waals surface area contributed by atoms with Crippen molar-refractivity contribution >= 4 is 11.0 Å². The number of nitrogens with zero attached hydrogens (tertiary/aromatic N) is 3. The minimum absolute atomic E-state index is 0.126. The van der Waals surface area contributed by atoms with Crippen LogP contribution in [0.4, 0.5) is 0 Å². The molecule has 0 unspecified atom stereocenters. The zero-order valence-electron chi connectivity index (χ0n) is 36.0. The van der Waals surface area contributed by atoms with Gasteiger partial charge in [-0.25, -0.2) is 4.98 Å². The summed E-state index contributed by atoms with van der Waals surface area (Å²) in [5.74, 6) is 0.954. The van der Waals surface area contributed by atoms with Crippen LogP contribution >= 0.6 is 0 Å². The number of para-hydroxylation sites is 1. The van der Waals surface area contributed by atoms with E-state index < -0.39 is 0 Å². The normalized spacial score (nSPS) is 12.0. The van der Waals surface area contributed by atoms with Crippen molar-refractivity contribution in [2.45, 2.75) is 86.0 Å². The molecule has 0 radical (unpaired) electrons. The summed E-state index contributed by atoms with van der Waals surface area (Å²) in [6.45, 7) is 19.8. The standard InChI is InChI=1S/C55H55N3O/c1-10-15-37-22-25-49(46(29-37)39-16-12-11-13-17-39)58-50-19-14-18-45(51(50)57-53(58)47-34-43(54(4,5)6)28-36(3)52(47)59)41-30-42(32-44(31-41)55(7,8)9)48-33-40(26-27-56-48)38-23-20-35(2)21-24-38/h11-14,16-34,59H,10,15H2,1-9H3. The van der Waals surface area contributed by atoms with Crippen molar-refractivity contribution in [3.05, 3.63) is 167 Å². The first-order valence-corrected chi connectivity index (χ1v) is 20.9. The lowest BCUT2D eigenvalue weighted by Gasteiger charge is -2.22. The predicted molar refractivity (Wildman–Crippen MR) is 249 cm³/mol. The summed E-state index contributed by atoms with van der Waals surface area (Å²) in [6, 6.07) is 48.0. The fourth-order valence-corrected chi connectivity index (χ4v) is 8.09. The Bertz CT molecular complexity index is 2810. The molecule has 0 saturated heterocycles. The fourth-order valence-electron chi connectivity index (χ4n) is 8.09. The summed E-state index contributed by atoms with van der Waals surface area (Å²) in [4.78, 5) is 10.5. The molecule has 59 heavy (non-hydrogen) atoms. The minimum Gasteiger partial charge on any atom is -0.507 e. The van der Waals surface area contributed by atoms with Gasteiger partial charge in [-0.15, -0.1) is 0 Å². The SMILES string of the molecule is CCCc1ccc(-n2c(-c3cc(C(C)(C)C)cc(C)c3O)nc3c(-c4cc(-c5cc(-c6ccc(C)cc6)ccn5)cc(C(C)(C)C)c4)cccc32)c(-c2ccccc2)c1. The van der Waals surface area contributed by atoms with Gasteiger partial charge in [0.15, 0.2) is 0 Å². The topological polar surface area (TPSA) is 50.9 Å². The van der Waals surface area contributed by atoms with E-state index in [2.05, 4.69) is 193 Å². The van der Waals surface area contributed by atoms with Crippen molar-refractivity contribution in [1.82, 2.24) is 14.5 Å². The van der Waals surface area contributed by atoms with Crippen molar-refractivity contribution in [2.24, 2.45) is 0 Å². The van der Waals surface area contributed by atoms with Crippen LogP contribution in [0.3, 0.4) is 0 Å². The molecular weight excluding hydrogens is 719 g/mol. The number of benzene rings is 6. The Balaban J connectivity index is 1.42. The van der Waals surface area contributed by atoms with E-state index in [1.165, 1.54) is 22.3 Å². The molecule has 4 heteroatoms. The summed E-state index contributed by atoms with van der Waals surface area (Å²) in [6.07, 6.45) is 3.97. The molecule has 0 spiro atoms. The molecule has 0 bridgehead atoms. The maximum atomic E-state index is 12.0. The molecule has 296 valence electrons. The average molecular weight is 774 g/mol. The van der Waals surface area contributed by atoms with Gasteiger partial charge in [-0.05, 0) is 124 Å². The van der Waals surface area contributed by atoms with Gasteiger partial charge in [0.2, 0.25) is 0 Å². The molecule has 2 aromatic heterocycles. The molecule has 0 amide bonds. The number of imidazole rings is 1. The van der Waals surface area contributed by atoms with Crippen LogP contribution < -0.4 is 0 Å². The second-order valence-electron chi connectivity index (χ2n) is 18.2. The van der Waals surface area contributed by atoms with Gasteiger partial charge in [0.05, 0.1) is 28.0 Å². The van der Waals surface area contributed by atoms with Crippen LogP contribution in [0.25, 0.3) is 72.7 Å². The molecule has 0 saturated carbocycles. The number of phenolic OH excluding ortho intramolecular Hbond substituents is 1. The third-order valence-corrected chi connectivity index (χ3v) is 11.6. The monoisotopic (exact) mass is 773 g/mol. The molecule has 8 aromatic rings. The van der Waals surface area contributed by atoms with Gasteiger partial charge in [0.1, 0.15) is 11.6 Å². The second-order valence-corrected chi connectivity index (χ2v) is 18.2. The minimum atomic E-state index is -0.138. The van der Waals surface area contributed by atoms with E-state index in [1.807, 2.05) is 13.1 Å². The van der Waals surface area contributed by atoms with E-state index in [-0.39, 0.29) is 16.6 Å². The second kappa shape index (κ2) is 15.5. The molecule has 0 aliphatic heterocycles. The molecule has 0 aliphatic rings. The summed E-state index contributed by atoms with van der Waals surface area (Å²) in [5, 5.41) is 12.0. The first kappa shape index (κ1) is 39.6. The molecule has 2 heterocycles. The molecule has 0 fully saturated rings. The van der Waals surface area contributed by atoms with Gasteiger partial charge in [0.25, 0.3) is 0 Å². The summed E-state index contributed by atoms with van der Waals surface area (Å²) >= 11 is 0. The lowest BCUT2D eigenvalue weighted by Crippen LogP contribution is -2.12. The number of hydrogen-bond acceptors (Lipinski definition) is 3. The first-order chi connectivity index (χ1) is 28.2. The number of aryl methyl sites for hydroxylation is 3. The number of fused-ring (bicyclic) bond motifs is 1. The van der Waals surface area contributed by atoms with Crippen LogP contribution in [0.2, 0.25) is 0 Å². The predicted octanol–water partition coefficient (Wildman–Crippen LogP) is 14.6. The summed E-state index contributed by atoms with van der Waals surface area (Å²) in [7, 11) is 0. The Morgan fingerprint density at radius 1 is 0.576 bits per heavy atom. The highest BCUT2D eigenvalue weighted by atomic mass is 16.3. The summed E-state index contributed by atoms with van der Waals surface area (Å²) in [5.41, 5.74) is 17.7. The Morgan fingerprint density at radius 3 is 2.00 bits per heavy atom. The van der Waals surface area contributed by atoms with Crippen molar-refractivity contribution < 1.29 is 5.11 Å². The van der Waals surface area contributed by atoms with Crippen molar-refractivity contribution in [3.8, 4) is 67.5 Å². The molecule has 8 rings (SSSR count). The molecular formula is C55H55N3O. The average Bonchev–Trinajstić information content (AvgIpc) is 3.61. The number of aromatic nitrogens is 3. The van der Waals surface area contributed by atoms with E-state index in [0.717, 1.165) is 85.3 Å². The number of hydrogen-bond donors (Lipinski definition) is 1. The van der Waals surface area contributed by atoms with E-state index in [0.29, 0.717) is 5.82 Å². The van der Waals surface area contributed by atoms with E-state index in [4.69, 9.17) is 9.97 Å².